The monoisotopic (exact) mass is 307 g/mol. The summed E-state index contributed by atoms with van der Waals surface area (Å²) in [6.07, 6.45) is 0. The van der Waals surface area contributed by atoms with Crippen molar-refractivity contribution in [2.75, 3.05) is 6.61 Å². The lowest BCUT2D eigenvalue weighted by Crippen LogP contribution is -2.31. The molecule has 21 heavy (non-hydrogen) atoms. The van der Waals surface area contributed by atoms with E-state index in [1.54, 1.807) is 18.2 Å². The van der Waals surface area contributed by atoms with Gasteiger partial charge in [-0.3, -0.25) is 4.79 Å². The van der Waals surface area contributed by atoms with Crippen LogP contribution in [0.1, 0.15) is 18.5 Å². The topological polar surface area (TPSA) is 38.3 Å². The highest BCUT2D eigenvalue weighted by molar-refractivity contribution is 6.31. The van der Waals surface area contributed by atoms with Crippen molar-refractivity contribution in [2.45, 2.75) is 13.0 Å². The Balaban J connectivity index is 1.90. The smallest absolute Gasteiger partial charge is 0.258 e. The van der Waals surface area contributed by atoms with Crippen molar-refractivity contribution in [3.8, 4) is 5.75 Å². The summed E-state index contributed by atoms with van der Waals surface area (Å²) in [7, 11) is 0. The van der Waals surface area contributed by atoms with Crippen LogP contribution >= 0.6 is 11.6 Å². The lowest BCUT2D eigenvalue weighted by Gasteiger charge is -2.16. The van der Waals surface area contributed by atoms with Gasteiger partial charge >= 0.3 is 0 Å². The first kappa shape index (κ1) is 15.3. The van der Waals surface area contributed by atoms with E-state index in [0.29, 0.717) is 5.02 Å². The van der Waals surface area contributed by atoms with E-state index in [9.17, 15) is 9.18 Å². The average Bonchev–Trinajstić information content (AvgIpc) is 2.46. The number of nitrogens with one attached hydrogen (secondary N) is 1. The van der Waals surface area contributed by atoms with E-state index in [2.05, 4.69) is 5.32 Å². The van der Waals surface area contributed by atoms with Crippen LogP contribution in [0.5, 0.6) is 5.75 Å². The summed E-state index contributed by atoms with van der Waals surface area (Å²) in [5.41, 5.74) is 0.818. The normalized spacial score (nSPS) is 11.8. The van der Waals surface area contributed by atoms with Gasteiger partial charge in [-0.25, -0.2) is 4.39 Å². The van der Waals surface area contributed by atoms with E-state index in [-0.39, 0.29) is 24.3 Å². The Bertz CT molecular complexity index is 633. The zero-order chi connectivity index (χ0) is 15.2. The largest absolute Gasteiger partial charge is 0.481 e. The number of rotatable bonds is 5. The van der Waals surface area contributed by atoms with E-state index in [1.165, 1.54) is 12.1 Å². The summed E-state index contributed by atoms with van der Waals surface area (Å²) in [4.78, 5) is 11.8. The van der Waals surface area contributed by atoms with Crippen molar-refractivity contribution in [2.24, 2.45) is 0 Å². The minimum atomic E-state index is -0.496. The third-order valence-electron chi connectivity index (χ3n) is 2.94. The molecule has 1 amide bonds. The van der Waals surface area contributed by atoms with Gasteiger partial charge in [-0.05, 0) is 30.7 Å². The molecule has 110 valence electrons. The third-order valence-corrected chi connectivity index (χ3v) is 3.29. The number of carbonyl (C=O) groups is 1. The number of hydrogen-bond acceptors (Lipinski definition) is 2. The number of para-hydroxylation sites is 1. The van der Waals surface area contributed by atoms with Crippen LogP contribution in [-0.2, 0) is 4.79 Å². The summed E-state index contributed by atoms with van der Waals surface area (Å²) in [6, 6.07) is 13.0. The maximum Gasteiger partial charge on any atom is 0.258 e. The molecule has 1 N–H and O–H groups in total. The molecule has 0 aliphatic rings. The van der Waals surface area contributed by atoms with Crippen LogP contribution < -0.4 is 10.1 Å². The van der Waals surface area contributed by atoms with Gasteiger partial charge in [-0.2, -0.15) is 0 Å². The van der Waals surface area contributed by atoms with Gasteiger partial charge in [-0.1, -0.05) is 41.9 Å². The molecule has 0 unspecified atom stereocenters. The minimum Gasteiger partial charge on any atom is -0.481 e. The summed E-state index contributed by atoms with van der Waals surface area (Å²) in [6.45, 7) is 1.57. The van der Waals surface area contributed by atoms with Gasteiger partial charge in [0.05, 0.1) is 6.04 Å². The Kier molecular flexibility index (Phi) is 5.17. The van der Waals surface area contributed by atoms with E-state index in [1.807, 2.05) is 25.1 Å². The molecule has 3 nitrogen and oxygen atoms in total. The molecule has 0 radical (unpaired) electrons. The highest BCUT2D eigenvalue weighted by atomic mass is 35.5. The van der Waals surface area contributed by atoms with Crippen molar-refractivity contribution < 1.29 is 13.9 Å². The molecule has 0 saturated carbocycles. The zero-order valence-electron chi connectivity index (χ0n) is 11.5. The van der Waals surface area contributed by atoms with Gasteiger partial charge in [0.1, 0.15) is 0 Å². The van der Waals surface area contributed by atoms with Crippen LogP contribution in [0.2, 0.25) is 5.02 Å². The molecule has 0 aromatic heterocycles. The number of hydrogen-bond donors (Lipinski definition) is 1. The molecule has 0 fully saturated rings. The van der Waals surface area contributed by atoms with Crippen LogP contribution in [0.3, 0.4) is 0 Å². The lowest BCUT2D eigenvalue weighted by molar-refractivity contribution is -0.123. The van der Waals surface area contributed by atoms with Gasteiger partial charge in [0.2, 0.25) is 0 Å². The van der Waals surface area contributed by atoms with Crippen molar-refractivity contribution >= 4 is 17.5 Å². The van der Waals surface area contributed by atoms with E-state index < -0.39 is 5.82 Å². The molecule has 2 rings (SSSR count). The van der Waals surface area contributed by atoms with E-state index >= 15 is 0 Å². The van der Waals surface area contributed by atoms with Crippen molar-refractivity contribution in [1.82, 2.24) is 5.32 Å². The Hall–Kier alpha value is -2.07. The Morgan fingerprint density at radius 1 is 1.24 bits per heavy atom. The second kappa shape index (κ2) is 7.09. The molecular formula is C16H15ClFNO2. The fourth-order valence-corrected chi connectivity index (χ4v) is 2.19. The van der Waals surface area contributed by atoms with Crippen LogP contribution in [0, 0.1) is 5.82 Å². The molecule has 0 bridgehead atoms. The molecule has 2 aromatic carbocycles. The molecule has 0 spiro atoms. The quantitative estimate of drug-likeness (QED) is 0.914. The second-order valence-electron chi connectivity index (χ2n) is 4.53. The summed E-state index contributed by atoms with van der Waals surface area (Å²) < 4.78 is 18.5. The zero-order valence-corrected chi connectivity index (χ0v) is 12.2. The molecule has 0 heterocycles. The number of halogens is 2. The maximum absolute atomic E-state index is 13.3. The van der Waals surface area contributed by atoms with Crippen molar-refractivity contribution in [3.05, 3.63) is 64.9 Å². The predicted octanol–water partition coefficient (Wildman–Crippen LogP) is 3.74. The van der Waals surface area contributed by atoms with Gasteiger partial charge in [0, 0.05) is 5.02 Å². The van der Waals surface area contributed by atoms with Crippen LogP contribution in [0.15, 0.2) is 48.5 Å². The van der Waals surface area contributed by atoms with Gasteiger partial charge in [0.15, 0.2) is 18.2 Å². The number of benzene rings is 2. The van der Waals surface area contributed by atoms with Crippen molar-refractivity contribution in [1.29, 1.82) is 0 Å². The first-order chi connectivity index (χ1) is 10.1. The van der Waals surface area contributed by atoms with Crippen LogP contribution in [-0.4, -0.2) is 12.5 Å². The summed E-state index contributed by atoms with van der Waals surface area (Å²) in [5, 5.41) is 3.34. The number of carbonyl (C=O) groups excluding carboxylic acids is 1. The Labute approximate surface area is 127 Å². The first-order valence-electron chi connectivity index (χ1n) is 6.49. The van der Waals surface area contributed by atoms with Crippen molar-refractivity contribution in [3.63, 3.8) is 0 Å². The van der Waals surface area contributed by atoms with Crippen LogP contribution in [0.25, 0.3) is 0 Å². The van der Waals surface area contributed by atoms with Gasteiger partial charge < -0.3 is 10.1 Å². The molecule has 1 atom stereocenters. The van der Waals surface area contributed by atoms with Gasteiger partial charge in [0.25, 0.3) is 5.91 Å². The molecule has 2 aromatic rings. The standard InChI is InChI=1S/C16H15ClFNO2/c1-11(12-6-2-3-7-13(12)17)19-16(20)10-21-15-9-5-4-8-14(15)18/h2-9,11H,10H2,1H3,(H,19,20)/t11-/m1/s1. The minimum absolute atomic E-state index is 0.0537. The highest BCUT2D eigenvalue weighted by Crippen LogP contribution is 2.22. The fourth-order valence-electron chi connectivity index (χ4n) is 1.89. The van der Waals surface area contributed by atoms with E-state index in [0.717, 1.165) is 5.56 Å². The SMILES string of the molecule is C[C@@H](NC(=O)COc1ccccc1F)c1ccccc1Cl. The second-order valence-corrected chi connectivity index (χ2v) is 4.94. The number of ether oxygens (including phenoxy) is 1. The van der Waals surface area contributed by atoms with Crippen LogP contribution in [0.4, 0.5) is 4.39 Å². The number of amides is 1. The average molecular weight is 308 g/mol. The molecule has 0 aliphatic carbocycles. The fraction of sp³-hybridized carbons (Fsp3) is 0.188. The predicted molar refractivity (Wildman–Crippen MR) is 79.9 cm³/mol. The first-order valence-corrected chi connectivity index (χ1v) is 6.87. The molecule has 0 aliphatic heterocycles. The van der Waals surface area contributed by atoms with E-state index in [4.69, 9.17) is 16.3 Å². The molecule has 0 saturated heterocycles. The summed E-state index contributed by atoms with van der Waals surface area (Å²) >= 11 is 6.06. The lowest BCUT2D eigenvalue weighted by atomic mass is 10.1. The van der Waals surface area contributed by atoms with Gasteiger partial charge in [-0.15, -0.1) is 0 Å². The Morgan fingerprint density at radius 2 is 1.90 bits per heavy atom. The Morgan fingerprint density at radius 3 is 2.62 bits per heavy atom. The highest BCUT2D eigenvalue weighted by Gasteiger charge is 2.13. The molecular weight excluding hydrogens is 293 g/mol. The maximum atomic E-state index is 13.3. The third kappa shape index (κ3) is 4.20. The molecule has 5 heteroatoms. The summed E-state index contributed by atoms with van der Waals surface area (Å²) in [5.74, 6) is -0.784.